The zero-order chi connectivity index (χ0) is 27.6. The molecule has 0 aliphatic heterocycles. The molecule has 4 aliphatic rings. The van der Waals surface area contributed by atoms with E-state index in [1.54, 1.807) is 0 Å². The van der Waals surface area contributed by atoms with Crippen LogP contribution >= 0.6 is 11.6 Å². The van der Waals surface area contributed by atoms with Crippen LogP contribution in [-0.2, 0) is 22.6 Å². The second-order valence-corrected chi connectivity index (χ2v) is 12.0. The number of phenols is 1. The fraction of sp³-hybridized carbons (Fsp3) is 0.536. The summed E-state index contributed by atoms with van der Waals surface area (Å²) in [5.41, 5.74) is 2.90. The summed E-state index contributed by atoms with van der Waals surface area (Å²) in [5, 5.41) is 47.4. The SMILES string of the molecule is CC1(CNCc2cc(O)c3c(c2Cl)CC2C[C@H]4CC(O)=C(C(N)=O)C(=O)[C@@]4(O)C(O)=C2C3=O)CCCCC1. The molecule has 0 spiro atoms. The first-order valence-electron chi connectivity index (χ1n) is 13.1. The maximum atomic E-state index is 13.6. The zero-order valence-corrected chi connectivity index (χ0v) is 22.0. The van der Waals surface area contributed by atoms with Gasteiger partial charge in [0, 0.05) is 36.0 Å². The van der Waals surface area contributed by atoms with Gasteiger partial charge in [-0.3, -0.25) is 14.4 Å². The first-order chi connectivity index (χ1) is 17.9. The number of amides is 1. The van der Waals surface area contributed by atoms with Gasteiger partial charge in [-0.2, -0.15) is 0 Å². The minimum Gasteiger partial charge on any atom is -0.511 e. The molecule has 1 unspecified atom stereocenters. The Morgan fingerprint density at radius 2 is 1.84 bits per heavy atom. The molecular weight excluding hydrogens is 512 g/mol. The second kappa shape index (κ2) is 9.39. The summed E-state index contributed by atoms with van der Waals surface area (Å²) in [6.45, 7) is 3.49. The van der Waals surface area contributed by atoms with E-state index in [1.807, 2.05) is 0 Å². The lowest BCUT2D eigenvalue weighted by atomic mass is 9.60. The Kier molecular flexibility index (Phi) is 6.60. The quantitative estimate of drug-likeness (QED) is 0.307. The molecule has 0 aromatic heterocycles. The number of hydrogen-bond acceptors (Lipinski definition) is 8. The van der Waals surface area contributed by atoms with Gasteiger partial charge in [0.25, 0.3) is 5.91 Å². The van der Waals surface area contributed by atoms with E-state index in [-0.39, 0.29) is 41.6 Å². The molecule has 0 saturated heterocycles. The summed E-state index contributed by atoms with van der Waals surface area (Å²) < 4.78 is 0. The summed E-state index contributed by atoms with van der Waals surface area (Å²) >= 11 is 6.77. The van der Waals surface area contributed by atoms with Crippen LogP contribution in [0, 0.1) is 17.3 Å². The molecule has 204 valence electrons. The number of carbonyl (C=O) groups is 3. The first kappa shape index (κ1) is 26.7. The van der Waals surface area contributed by atoms with Gasteiger partial charge in [-0.25, -0.2) is 0 Å². The van der Waals surface area contributed by atoms with Crippen molar-refractivity contribution in [3.8, 4) is 5.75 Å². The molecule has 1 amide bonds. The van der Waals surface area contributed by atoms with Crippen molar-refractivity contribution >= 4 is 29.1 Å². The maximum Gasteiger partial charge on any atom is 0.255 e. The minimum atomic E-state index is -2.58. The number of benzene rings is 1. The molecule has 38 heavy (non-hydrogen) atoms. The highest BCUT2D eigenvalue weighted by Crippen LogP contribution is 2.52. The highest BCUT2D eigenvalue weighted by atomic mass is 35.5. The van der Waals surface area contributed by atoms with Gasteiger partial charge in [-0.05, 0) is 54.2 Å². The van der Waals surface area contributed by atoms with E-state index in [0.717, 1.165) is 19.4 Å². The second-order valence-electron chi connectivity index (χ2n) is 11.6. The van der Waals surface area contributed by atoms with E-state index < -0.39 is 52.0 Å². The van der Waals surface area contributed by atoms with Gasteiger partial charge in [-0.1, -0.05) is 37.8 Å². The third kappa shape index (κ3) is 4.03. The molecule has 0 radical (unpaired) electrons. The van der Waals surface area contributed by atoms with Crippen LogP contribution < -0.4 is 11.1 Å². The molecule has 1 saturated carbocycles. The number of hydrogen-bond donors (Lipinski definition) is 6. The Hall–Kier alpha value is -2.88. The number of primary amides is 1. The predicted octanol–water partition coefficient (Wildman–Crippen LogP) is 3.29. The average Bonchev–Trinajstić information content (AvgIpc) is 2.84. The largest absolute Gasteiger partial charge is 0.511 e. The Morgan fingerprint density at radius 3 is 2.50 bits per heavy atom. The number of rotatable bonds is 5. The van der Waals surface area contributed by atoms with Crippen LogP contribution in [0.2, 0.25) is 5.02 Å². The molecular formula is C28H33ClN2O7. The van der Waals surface area contributed by atoms with Crippen LogP contribution in [-0.4, -0.2) is 50.0 Å². The fourth-order valence-electron chi connectivity index (χ4n) is 6.93. The molecule has 1 fully saturated rings. The van der Waals surface area contributed by atoms with Crippen molar-refractivity contribution in [2.75, 3.05) is 6.54 Å². The van der Waals surface area contributed by atoms with Crippen molar-refractivity contribution in [3.63, 3.8) is 0 Å². The third-order valence-corrected chi connectivity index (χ3v) is 9.47. The standard InChI is InChI=1S/C28H33ClN2O7/c1-27(5-3-2-4-6-27)12-31-11-14-9-17(32)20-16(22(14)29)8-13-7-15-10-18(33)21(26(30)37)25(36)28(15,38)24(35)19(13)23(20)34/h9,13,15,31-33,35,38H,2-8,10-12H2,1H3,(H2,30,37)/t13?,15-,28-/m0/s1. The average molecular weight is 545 g/mol. The van der Waals surface area contributed by atoms with E-state index in [0.29, 0.717) is 22.7 Å². The lowest BCUT2D eigenvalue weighted by Crippen LogP contribution is -2.57. The number of halogens is 1. The number of allylic oxidation sites excluding steroid dienone is 2. The predicted molar refractivity (Wildman–Crippen MR) is 139 cm³/mol. The van der Waals surface area contributed by atoms with Gasteiger partial charge in [0.2, 0.25) is 5.78 Å². The van der Waals surface area contributed by atoms with Crippen LogP contribution in [0.3, 0.4) is 0 Å². The topological polar surface area (TPSA) is 170 Å². The number of Topliss-reactive ketones (excluding diaryl/α,β-unsaturated/α-hetero) is 2. The lowest BCUT2D eigenvalue weighted by molar-refractivity contribution is -0.144. The van der Waals surface area contributed by atoms with Crippen molar-refractivity contribution < 1.29 is 34.8 Å². The molecule has 0 heterocycles. The van der Waals surface area contributed by atoms with Gasteiger partial charge < -0.3 is 31.5 Å². The number of phenolic OH excluding ortho intramolecular Hbond substituents is 1. The number of carbonyl (C=O) groups excluding carboxylic acids is 3. The molecule has 9 nitrogen and oxygen atoms in total. The number of aliphatic hydroxyl groups excluding tert-OH is 2. The smallest absolute Gasteiger partial charge is 0.255 e. The Labute approximate surface area is 225 Å². The normalized spacial score (nSPS) is 28.6. The zero-order valence-electron chi connectivity index (χ0n) is 21.3. The summed E-state index contributed by atoms with van der Waals surface area (Å²) in [4.78, 5) is 38.4. The number of nitrogens with one attached hydrogen (secondary N) is 1. The summed E-state index contributed by atoms with van der Waals surface area (Å²) in [5.74, 6) is -6.51. The van der Waals surface area contributed by atoms with Crippen LogP contribution in [0.5, 0.6) is 5.75 Å². The summed E-state index contributed by atoms with van der Waals surface area (Å²) in [6, 6.07) is 1.44. The van der Waals surface area contributed by atoms with Gasteiger partial charge in [0.05, 0.1) is 5.56 Å². The number of aliphatic hydroxyl groups is 3. The monoisotopic (exact) mass is 544 g/mol. The van der Waals surface area contributed by atoms with E-state index in [9.17, 15) is 34.8 Å². The molecule has 3 atom stereocenters. The Balaban J connectivity index is 1.47. The van der Waals surface area contributed by atoms with Crippen molar-refractivity contribution in [2.24, 2.45) is 23.0 Å². The van der Waals surface area contributed by atoms with Gasteiger partial charge in [0.15, 0.2) is 11.4 Å². The molecule has 4 aliphatic carbocycles. The van der Waals surface area contributed by atoms with Crippen LogP contribution in [0.15, 0.2) is 28.7 Å². The van der Waals surface area contributed by atoms with Crippen LogP contribution in [0.1, 0.15) is 73.4 Å². The van der Waals surface area contributed by atoms with Gasteiger partial charge >= 0.3 is 0 Å². The van der Waals surface area contributed by atoms with E-state index >= 15 is 0 Å². The molecule has 1 aromatic carbocycles. The maximum absolute atomic E-state index is 13.6. The number of aromatic hydroxyl groups is 1. The lowest BCUT2D eigenvalue weighted by Gasteiger charge is -2.45. The molecule has 0 bridgehead atoms. The summed E-state index contributed by atoms with van der Waals surface area (Å²) in [6.07, 6.45) is 5.98. The molecule has 10 heteroatoms. The number of nitrogens with two attached hydrogens (primary N) is 1. The number of ketones is 2. The molecule has 1 aromatic rings. The van der Waals surface area contributed by atoms with Crippen molar-refractivity contribution in [1.29, 1.82) is 0 Å². The van der Waals surface area contributed by atoms with E-state index in [2.05, 4.69) is 12.2 Å². The third-order valence-electron chi connectivity index (χ3n) is 9.00. The molecule has 5 rings (SSSR count). The summed E-state index contributed by atoms with van der Waals surface area (Å²) in [7, 11) is 0. The van der Waals surface area contributed by atoms with Crippen LogP contribution in [0.4, 0.5) is 0 Å². The van der Waals surface area contributed by atoms with Crippen molar-refractivity contribution in [2.45, 2.75) is 70.4 Å². The van der Waals surface area contributed by atoms with Gasteiger partial charge in [-0.15, -0.1) is 0 Å². The highest BCUT2D eigenvalue weighted by Gasteiger charge is 2.59. The molecule has 7 N–H and O–H groups in total. The van der Waals surface area contributed by atoms with Gasteiger partial charge in [0.1, 0.15) is 22.8 Å². The number of fused-ring (bicyclic) bond motifs is 3. The Morgan fingerprint density at radius 1 is 1.16 bits per heavy atom. The van der Waals surface area contributed by atoms with Crippen LogP contribution in [0.25, 0.3) is 0 Å². The van der Waals surface area contributed by atoms with E-state index in [4.69, 9.17) is 17.3 Å². The minimum absolute atomic E-state index is 0.0703. The fourth-order valence-corrected chi connectivity index (χ4v) is 7.22. The van der Waals surface area contributed by atoms with Crippen molar-refractivity contribution in [3.05, 3.63) is 50.4 Å². The van der Waals surface area contributed by atoms with E-state index in [1.165, 1.54) is 25.3 Å². The highest BCUT2D eigenvalue weighted by molar-refractivity contribution is 6.33. The first-order valence-corrected chi connectivity index (χ1v) is 13.5. The van der Waals surface area contributed by atoms with Crippen molar-refractivity contribution in [1.82, 2.24) is 5.32 Å². The Bertz CT molecular complexity index is 1310.